The molecule has 3 heterocycles. The Bertz CT molecular complexity index is 1250. The summed E-state index contributed by atoms with van der Waals surface area (Å²) in [6.07, 6.45) is 1.86. The zero-order valence-electron chi connectivity index (χ0n) is 22.6. The van der Waals surface area contributed by atoms with Crippen LogP contribution in [0.3, 0.4) is 0 Å². The number of hydrogen-bond donors (Lipinski definition) is 0. The Morgan fingerprint density at radius 3 is 2.33 bits per heavy atom. The number of amides is 2. The van der Waals surface area contributed by atoms with E-state index in [-0.39, 0.29) is 24.5 Å². The molecule has 204 valence electrons. The van der Waals surface area contributed by atoms with E-state index < -0.39 is 0 Å². The van der Waals surface area contributed by atoms with Gasteiger partial charge in [-0.2, -0.15) is 0 Å². The van der Waals surface area contributed by atoms with Gasteiger partial charge in [0.1, 0.15) is 12.3 Å². The molecule has 9 heteroatoms. The smallest absolute Gasteiger partial charge is 0.254 e. The van der Waals surface area contributed by atoms with Crippen LogP contribution in [0.4, 0.5) is 5.82 Å². The molecule has 2 fully saturated rings. The molecule has 1 atom stereocenters. The van der Waals surface area contributed by atoms with Crippen LogP contribution in [-0.2, 0) is 9.53 Å². The monoisotopic (exact) mass is 529 g/mol. The van der Waals surface area contributed by atoms with Crippen LogP contribution in [0.1, 0.15) is 28.8 Å². The third kappa shape index (κ3) is 6.54. The summed E-state index contributed by atoms with van der Waals surface area (Å²) < 4.78 is 11.0. The standard InChI is InChI=1S/C30H35N5O4/c1-22-5-7-24(8-6-22)30(37)35(20-26-4-3-19-39-26)21-29(36)34-17-15-33(16-18-34)28-14-13-27(31-32-28)23-9-11-25(38-2)12-10-23/h5-14,26H,3-4,15-21H2,1-2H3/t26-/m0/s1. The first kappa shape index (κ1) is 26.6. The molecule has 0 bridgehead atoms. The van der Waals surface area contributed by atoms with Crippen LogP contribution in [0, 0.1) is 6.92 Å². The Kier molecular flexibility index (Phi) is 8.36. The van der Waals surface area contributed by atoms with Gasteiger partial charge < -0.3 is 24.2 Å². The Morgan fingerprint density at radius 2 is 1.72 bits per heavy atom. The lowest BCUT2D eigenvalue weighted by molar-refractivity contribution is -0.132. The molecule has 2 aromatic carbocycles. The third-order valence-corrected chi connectivity index (χ3v) is 7.35. The second-order valence-electron chi connectivity index (χ2n) is 10.1. The van der Waals surface area contributed by atoms with Crippen LogP contribution in [0.15, 0.2) is 60.7 Å². The highest BCUT2D eigenvalue weighted by atomic mass is 16.5. The van der Waals surface area contributed by atoms with Crippen molar-refractivity contribution in [2.24, 2.45) is 0 Å². The summed E-state index contributed by atoms with van der Waals surface area (Å²) in [6.45, 7) is 5.59. The number of hydrogen-bond acceptors (Lipinski definition) is 7. The predicted octanol–water partition coefficient (Wildman–Crippen LogP) is 3.43. The van der Waals surface area contributed by atoms with Gasteiger partial charge in [0.15, 0.2) is 5.82 Å². The minimum atomic E-state index is -0.135. The van der Waals surface area contributed by atoms with Crippen LogP contribution in [0.25, 0.3) is 11.3 Å². The second kappa shape index (κ2) is 12.3. The summed E-state index contributed by atoms with van der Waals surface area (Å²) in [7, 11) is 1.64. The molecule has 0 radical (unpaired) electrons. The minimum absolute atomic E-state index is 0.0245. The molecular formula is C30H35N5O4. The highest BCUT2D eigenvalue weighted by Gasteiger charge is 2.28. The molecular weight excluding hydrogens is 494 g/mol. The summed E-state index contributed by atoms with van der Waals surface area (Å²) in [4.78, 5) is 32.3. The van der Waals surface area contributed by atoms with E-state index in [9.17, 15) is 9.59 Å². The summed E-state index contributed by atoms with van der Waals surface area (Å²) in [5.74, 6) is 1.40. The highest BCUT2D eigenvalue weighted by molar-refractivity contribution is 5.96. The van der Waals surface area contributed by atoms with Gasteiger partial charge >= 0.3 is 0 Å². The van der Waals surface area contributed by atoms with E-state index >= 15 is 0 Å². The van der Waals surface area contributed by atoms with E-state index in [4.69, 9.17) is 9.47 Å². The SMILES string of the molecule is COc1ccc(-c2ccc(N3CCN(C(=O)CN(C[C@@H]4CCCO4)C(=O)c4ccc(C)cc4)CC3)nn2)cc1. The van der Waals surface area contributed by atoms with Gasteiger partial charge in [0.25, 0.3) is 5.91 Å². The topological polar surface area (TPSA) is 88.1 Å². The molecule has 5 rings (SSSR count). The predicted molar refractivity (Wildman–Crippen MR) is 149 cm³/mol. The molecule has 0 aliphatic carbocycles. The van der Waals surface area contributed by atoms with Crippen molar-refractivity contribution in [3.8, 4) is 17.0 Å². The van der Waals surface area contributed by atoms with E-state index in [2.05, 4.69) is 15.1 Å². The number of piperazine rings is 1. The lowest BCUT2D eigenvalue weighted by Gasteiger charge is -2.36. The van der Waals surface area contributed by atoms with Crippen LogP contribution in [-0.4, -0.2) is 90.9 Å². The van der Waals surface area contributed by atoms with Crippen LogP contribution < -0.4 is 9.64 Å². The van der Waals surface area contributed by atoms with E-state index in [0.717, 1.165) is 41.2 Å². The van der Waals surface area contributed by atoms with Gasteiger partial charge in [-0.15, -0.1) is 10.2 Å². The summed E-state index contributed by atoms with van der Waals surface area (Å²) in [6, 6.07) is 19.1. The molecule has 0 unspecified atom stereocenters. The number of carbonyl (C=O) groups is 2. The fourth-order valence-electron chi connectivity index (χ4n) is 4.99. The summed E-state index contributed by atoms with van der Waals surface area (Å²) >= 11 is 0. The molecule has 9 nitrogen and oxygen atoms in total. The first-order chi connectivity index (χ1) is 19.0. The maximum Gasteiger partial charge on any atom is 0.254 e. The second-order valence-corrected chi connectivity index (χ2v) is 10.1. The minimum Gasteiger partial charge on any atom is -0.497 e. The largest absolute Gasteiger partial charge is 0.497 e. The number of ether oxygens (including phenoxy) is 2. The average Bonchev–Trinajstić information content (AvgIpc) is 3.50. The van der Waals surface area contributed by atoms with Crippen molar-refractivity contribution in [3.63, 3.8) is 0 Å². The van der Waals surface area contributed by atoms with Crippen molar-refractivity contribution >= 4 is 17.6 Å². The molecule has 0 spiro atoms. The summed E-state index contributed by atoms with van der Waals surface area (Å²) in [5.41, 5.74) is 3.44. The number of carbonyl (C=O) groups excluding carboxylic acids is 2. The Labute approximate surface area is 229 Å². The number of aryl methyl sites for hydroxylation is 1. The van der Waals surface area contributed by atoms with Crippen molar-refractivity contribution in [1.82, 2.24) is 20.0 Å². The van der Waals surface area contributed by atoms with Crippen LogP contribution >= 0.6 is 0 Å². The zero-order valence-corrected chi connectivity index (χ0v) is 22.6. The summed E-state index contributed by atoms with van der Waals surface area (Å²) in [5, 5.41) is 8.84. The Hall–Kier alpha value is -3.98. The Morgan fingerprint density at radius 1 is 0.974 bits per heavy atom. The molecule has 2 aliphatic rings. The lowest BCUT2D eigenvalue weighted by atomic mass is 10.1. The van der Waals surface area contributed by atoms with Gasteiger partial charge in [-0.05, 0) is 68.3 Å². The first-order valence-corrected chi connectivity index (χ1v) is 13.5. The highest BCUT2D eigenvalue weighted by Crippen LogP contribution is 2.22. The molecule has 0 N–H and O–H groups in total. The number of nitrogens with zero attached hydrogens (tertiary/aromatic N) is 5. The number of rotatable bonds is 8. The van der Waals surface area contributed by atoms with Crippen molar-refractivity contribution in [1.29, 1.82) is 0 Å². The average molecular weight is 530 g/mol. The van der Waals surface area contributed by atoms with Gasteiger partial charge in [0.2, 0.25) is 5.91 Å². The lowest BCUT2D eigenvalue weighted by Crippen LogP contribution is -2.52. The fraction of sp³-hybridized carbons (Fsp3) is 0.400. The maximum absolute atomic E-state index is 13.3. The molecule has 0 saturated carbocycles. The van der Waals surface area contributed by atoms with Crippen molar-refractivity contribution in [2.45, 2.75) is 25.9 Å². The van der Waals surface area contributed by atoms with Crippen LogP contribution in [0.5, 0.6) is 5.75 Å². The van der Waals surface area contributed by atoms with Crippen molar-refractivity contribution < 1.29 is 19.1 Å². The van der Waals surface area contributed by atoms with Gasteiger partial charge in [-0.3, -0.25) is 9.59 Å². The number of benzene rings is 2. The first-order valence-electron chi connectivity index (χ1n) is 13.5. The van der Waals surface area contributed by atoms with Crippen molar-refractivity contribution in [3.05, 3.63) is 71.8 Å². The van der Waals surface area contributed by atoms with E-state index in [1.165, 1.54) is 0 Å². The number of aromatic nitrogens is 2. The molecule has 39 heavy (non-hydrogen) atoms. The number of anilines is 1. The normalized spacial score (nSPS) is 17.2. The van der Waals surface area contributed by atoms with E-state index in [0.29, 0.717) is 44.9 Å². The van der Waals surface area contributed by atoms with Gasteiger partial charge in [-0.25, -0.2) is 0 Å². The van der Waals surface area contributed by atoms with E-state index in [1.807, 2.05) is 72.5 Å². The van der Waals surface area contributed by atoms with E-state index in [1.54, 1.807) is 12.0 Å². The molecule has 3 aromatic rings. The Balaban J connectivity index is 1.18. The van der Waals surface area contributed by atoms with Gasteiger partial charge in [-0.1, -0.05) is 17.7 Å². The number of methoxy groups -OCH3 is 1. The maximum atomic E-state index is 13.3. The quantitative estimate of drug-likeness (QED) is 0.442. The molecule has 1 aromatic heterocycles. The fourth-order valence-corrected chi connectivity index (χ4v) is 4.99. The van der Waals surface area contributed by atoms with Gasteiger partial charge in [0, 0.05) is 50.5 Å². The molecule has 2 aliphatic heterocycles. The molecule has 2 amide bonds. The molecule has 2 saturated heterocycles. The van der Waals surface area contributed by atoms with Crippen LogP contribution in [0.2, 0.25) is 0 Å². The van der Waals surface area contributed by atoms with Gasteiger partial charge in [0.05, 0.1) is 18.9 Å². The third-order valence-electron chi connectivity index (χ3n) is 7.35. The zero-order chi connectivity index (χ0) is 27.2. The van der Waals surface area contributed by atoms with Crippen molar-refractivity contribution in [2.75, 3.05) is 57.9 Å².